The lowest BCUT2D eigenvalue weighted by atomic mass is 10.0. The number of Topliss-reactive ketones (excluding diaryl/α,β-unsaturated/α-hetero) is 1. The number of ketones is 1. The fraction of sp³-hybridized carbons (Fsp3) is 0.214. The molecule has 0 aliphatic rings. The van der Waals surface area contributed by atoms with Crippen LogP contribution in [0.15, 0.2) is 40.2 Å². The first-order chi connectivity index (χ1) is 8.66. The van der Waals surface area contributed by atoms with Crippen molar-refractivity contribution in [1.82, 2.24) is 0 Å². The molecule has 0 amide bonds. The molecule has 0 bridgehead atoms. The smallest absolute Gasteiger partial charge is 0.165 e. The van der Waals surface area contributed by atoms with Gasteiger partial charge < -0.3 is 0 Å². The summed E-state index contributed by atoms with van der Waals surface area (Å²) in [5.41, 5.74) is 0.176. The fourth-order valence-electron chi connectivity index (χ4n) is 1.72. The molecule has 0 unspecified atom stereocenters. The molecule has 0 spiro atoms. The topological polar surface area (TPSA) is 17.1 Å². The SMILES string of the molecule is O=C(CCCc1cccs1)c1cc(Br)ccc1F. The highest BCUT2D eigenvalue weighted by Gasteiger charge is 2.11. The molecule has 18 heavy (non-hydrogen) atoms. The molecular formula is C14H12BrFOS. The second-order valence-electron chi connectivity index (χ2n) is 3.98. The Morgan fingerprint density at radius 1 is 1.33 bits per heavy atom. The van der Waals surface area contributed by atoms with E-state index in [1.807, 2.05) is 11.4 Å². The van der Waals surface area contributed by atoms with Crippen molar-refractivity contribution < 1.29 is 9.18 Å². The van der Waals surface area contributed by atoms with E-state index in [0.29, 0.717) is 6.42 Å². The van der Waals surface area contributed by atoms with Gasteiger partial charge >= 0.3 is 0 Å². The summed E-state index contributed by atoms with van der Waals surface area (Å²) in [4.78, 5) is 13.2. The van der Waals surface area contributed by atoms with Crippen LogP contribution in [0.2, 0.25) is 0 Å². The Labute approximate surface area is 118 Å². The second-order valence-corrected chi connectivity index (χ2v) is 5.93. The van der Waals surface area contributed by atoms with Crippen LogP contribution in [0.1, 0.15) is 28.1 Å². The molecule has 0 aliphatic heterocycles. The lowest BCUT2D eigenvalue weighted by Crippen LogP contribution is -2.03. The Balaban J connectivity index is 1.93. The number of hydrogen-bond donors (Lipinski definition) is 0. The van der Waals surface area contributed by atoms with Crippen molar-refractivity contribution in [3.8, 4) is 0 Å². The highest BCUT2D eigenvalue weighted by molar-refractivity contribution is 9.10. The Hall–Kier alpha value is -1.00. The highest BCUT2D eigenvalue weighted by atomic mass is 79.9. The Kier molecular flexibility index (Phi) is 4.66. The van der Waals surface area contributed by atoms with Gasteiger partial charge in [0.1, 0.15) is 5.82 Å². The normalized spacial score (nSPS) is 10.6. The minimum Gasteiger partial charge on any atom is -0.294 e. The zero-order valence-electron chi connectivity index (χ0n) is 9.66. The van der Waals surface area contributed by atoms with Crippen molar-refractivity contribution in [2.24, 2.45) is 0 Å². The van der Waals surface area contributed by atoms with Crippen molar-refractivity contribution in [1.29, 1.82) is 0 Å². The summed E-state index contributed by atoms with van der Waals surface area (Å²) in [7, 11) is 0. The van der Waals surface area contributed by atoms with Gasteiger partial charge in [-0.1, -0.05) is 22.0 Å². The summed E-state index contributed by atoms with van der Waals surface area (Å²) in [5.74, 6) is -0.579. The van der Waals surface area contributed by atoms with Gasteiger partial charge in [-0.15, -0.1) is 11.3 Å². The van der Waals surface area contributed by atoms with Crippen LogP contribution in [0.5, 0.6) is 0 Å². The number of benzene rings is 1. The molecule has 0 saturated heterocycles. The number of thiophene rings is 1. The third kappa shape index (κ3) is 3.50. The number of hydrogen-bond acceptors (Lipinski definition) is 2. The first-order valence-electron chi connectivity index (χ1n) is 5.67. The third-order valence-corrected chi connectivity index (χ3v) is 4.07. The molecule has 0 aliphatic carbocycles. The van der Waals surface area contributed by atoms with Gasteiger partial charge in [0.2, 0.25) is 0 Å². The number of halogens is 2. The first kappa shape index (κ1) is 13.4. The monoisotopic (exact) mass is 326 g/mol. The van der Waals surface area contributed by atoms with Crippen LogP contribution < -0.4 is 0 Å². The molecule has 1 heterocycles. The average molecular weight is 327 g/mol. The van der Waals surface area contributed by atoms with E-state index < -0.39 is 5.82 Å². The van der Waals surface area contributed by atoms with E-state index in [4.69, 9.17) is 0 Å². The van der Waals surface area contributed by atoms with Gasteiger partial charge in [0.05, 0.1) is 5.56 Å². The van der Waals surface area contributed by atoms with Gasteiger partial charge in [0, 0.05) is 15.8 Å². The summed E-state index contributed by atoms with van der Waals surface area (Å²) in [6.07, 6.45) is 2.01. The molecule has 1 aromatic heterocycles. The molecule has 0 radical (unpaired) electrons. The molecule has 1 nitrogen and oxygen atoms in total. The minimum absolute atomic E-state index is 0.134. The summed E-state index contributed by atoms with van der Waals surface area (Å²) >= 11 is 4.93. The van der Waals surface area contributed by atoms with Crippen molar-refractivity contribution in [2.75, 3.05) is 0 Å². The maximum Gasteiger partial charge on any atom is 0.165 e. The number of carbonyl (C=O) groups excluding carboxylic acids is 1. The first-order valence-corrected chi connectivity index (χ1v) is 7.35. The highest BCUT2D eigenvalue weighted by Crippen LogP contribution is 2.19. The predicted octanol–water partition coefficient (Wildman–Crippen LogP) is 4.86. The standard InChI is InChI=1S/C14H12BrFOS/c15-10-6-7-13(16)12(9-10)14(17)5-1-3-11-4-2-8-18-11/h2,4,6-9H,1,3,5H2. The van der Waals surface area contributed by atoms with Crippen molar-refractivity contribution in [3.63, 3.8) is 0 Å². The maximum atomic E-state index is 13.5. The molecule has 0 N–H and O–H groups in total. The van der Waals surface area contributed by atoms with Crippen molar-refractivity contribution in [3.05, 3.63) is 56.4 Å². The molecule has 0 saturated carbocycles. The second kappa shape index (κ2) is 6.25. The third-order valence-electron chi connectivity index (χ3n) is 2.64. The maximum absolute atomic E-state index is 13.5. The minimum atomic E-state index is -0.445. The molecule has 1 aromatic carbocycles. The summed E-state index contributed by atoms with van der Waals surface area (Å²) < 4.78 is 14.2. The average Bonchev–Trinajstić information content (AvgIpc) is 2.85. The molecule has 0 atom stereocenters. The van der Waals surface area contributed by atoms with Gasteiger partial charge in [-0.2, -0.15) is 0 Å². The molecule has 94 valence electrons. The van der Waals surface area contributed by atoms with E-state index in [9.17, 15) is 9.18 Å². The molecule has 2 aromatic rings. The van der Waals surface area contributed by atoms with Crippen LogP contribution in [-0.2, 0) is 6.42 Å². The number of carbonyl (C=O) groups is 1. The largest absolute Gasteiger partial charge is 0.294 e. The lowest BCUT2D eigenvalue weighted by Gasteiger charge is -2.03. The fourth-order valence-corrected chi connectivity index (χ4v) is 2.84. The quantitative estimate of drug-likeness (QED) is 0.717. The van der Waals surface area contributed by atoms with E-state index in [2.05, 4.69) is 22.0 Å². The van der Waals surface area contributed by atoms with Crippen LogP contribution >= 0.6 is 27.3 Å². The summed E-state index contributed by atoms with van der Waals surface area (Å²) in [6, 6.07) is 8.50. The van der Waals surface area contributed by atoms with Gasteiger partial charge in [-0.25, -0.2) is 4.39 Å². The van der Waals surface area contributed by atoms with Crippen LogP contribution in [0.3, 0.4) is 0 Å². The van der Waals surface area contributed by atoms with Gasteiger partial charge in [0.15, 0.2) is 5.78 Å². The van der Waals surface area contributed by atoms with Gasteiger partial charge in [-0.3, -0.25) is 4.79 Å². The molecular weight excluding hydrogens is 315 g/mol. The van der Waals surface area contributed by atoms with Crippen LogP contribution in [0, 0.1) is 5.82 Å². The van der Waals surface area contributed by atoms with Gasteiger partial charge in [0.25, 0.3) is 0 Å². The Bertz CT molecular complexity index is 537. The van der Waals surface area contributed by atoms with E-state index in [0.717, 1.165) is 17.3 Å². The molecule has 4 heteroatoms. The zero-order valence-corrected chi connectivity index (χ0v) is 12.1. The number of rotatable bonds is 5. The van der Waals surface area contributed by atoms with Gasteiger partial charge in [-0.05, 0) is 42.5 Å². The van der Waals surface area contributed by atoms with E-state index >= 15 is 0 Å². The van der Waals surface area contributed by atoms with E-state index in [1.165, 1.54) is 10.9 Å². The lowest BCUT2D eigenvalue weighted by molar-refractivity contribution is 0.0976. The number of aryl methyl sites for hydroxylation is 1. The van der Waals surface area contributed by atoms with Crippen LogP contribution in [0.4, 0.5) is 4.39 Å². The zero-order chi connectivity index (χ0) is 13.0. The van der Waals surface area contributed by atoms with Crippen molar-refractivity contribution in [2.45, 2.75) is 19.3 Å². The predicted molar refractivity (Wildman–Crippen MR) is 75.7 cm³/mol. The summed E-state index contributed by atoms with van der Waals surface area (Å²) in [5, 5.41) is 2.02. The molecule has 2 rings (SSSR count). The molecule has 0 fully saturated rings. The Morgan fingerprint density at radius 3 is 2.89 bits per heavy atom. The summed E-state index contributed by atoms with van der Waals surface area (Å²) in [6.45, 7) is 0. The van der Waals surface area contributed by atoms with Crippen molar-refractivity contribution >= 4 is 33.0 Å². The van der Waals surface area contributed by atoms with Crippen LogP contribution in [-0.4, -0.2) is 5.78 Å². The Morgan fingerprint density at radius 2 is 2.17 bits per heavy atom. The van der Waals surface area contributed by atoms with E-state index in [1.54, 1.807) is 23.5 Å². The van der Waals surface area contributed by atoms with Crippen LogP contribution in [0.25, 0.3) is 0 Å². The van der Waals surface area contributed by atoms with E-state index in [-0.39, 0.29) is 11.3 Å².